The van der Waals surface area contributed by atoms with Gasteiger partial charge in [-0.1, -0.05) is 39.8 Å². The number of ether oxygens (including phenoxy) is 3. The first kappa shape index (κ1) is 28.7. The van der Waals surface area contributed by atoms with Crippen molar-refractivity contribution in [2.45, 2.75) is 40.0 Å². The third-order valence-electron chi connectivity index (χ3n) is 6.50. The van der Waals surface area contributed by atoms with E-state index in [-0.39, 0.29) is 17.5 Å². The van der Waals surface area contributed by atoms with Crippen LogP contribution in [0, 0.1) is 0 Å². The van der Waals surface area contributed by atoms with E-state index in [1.807, 2.05) is 36.4 Å². The van der Waals surface area contributed by atoms with Crippen LogP contribution >= 0.6 is 0 Å². The van der Waals surface area contributed by atoms with Crippen molar-refractivity contribution >= 4 is 17.6 Å². The van der Waals surface area contributed by atoms with Crippen LogP contribution in [0.2, 0.25) is 0 Å². The zero-order valence-electron chi connectivity index (χ0n) is 23.3. The van der Waals surface area contributed by atoms with Crippen molar-refractivity contribution < 1.29 is 23.8 Å². The van der Waals surface area contributed by atoms with Gasteiger partial charge in [-0.05, 0) is 54.9 Å². The Labute approximate surface area is 224 Å². The number of methoxy groups -OCH3 is 3. The molecular formula is C29H38N4O5. The summed E-state index contributed by atoms with van der Waals surface area (Å²) in [4.78, 5) is 27.5. The van der Waals surface area contributed by atoms with Gasteiger partial charge >= 0.3 is 5.97 Å². The summed E-state index contributed by atoms with van der Waals surface area (Å²) in [5, 5.41) is 7.65. The van der Waals surface area contributed by atoms with E-state index < -0.39 is 5.97 Å². The van der Waals surface area contributed by atoms with Crippen molar-refractivity contribution in [2.75, 3.05) is 46.3 Å². The quantitative estimate of drug-likeness (QED) is 0.329. The van der Waals surface area contributed by atoms with Crippen molar-refractivity contribution in [3.8, 4) is 28.4 Å². The van der Waals surface area contributed by atoms with E-state index in [1.54, 1.807) is 25.0 Å². The average Bonchev–Trinajstić information content (AvgIpc) is 3.37. The lowest BCUT2D eigenvalue weighted by Gasteiger charge is -2.20. The summed E-state index contributed by atoms with van der Waals surface area (Å²) in [6.45, 7) is 10.8. The maximum atomic E-state index is 12.7. The Balaban J connectivity index is 2.15. The second-order valence-electron chi connectivity index (χ2n) is 9.11. The molecule has 0 fully saturated rings. The Bertz CT molecular complexity index is 1240. The summed E-state index contributed by atoms with van der Waals surface area (Å²) < 4.78 is 18.0. The number of esters is 1. The van der Waals surface area contributed by atoms with Crippen LogP contribution < -0.4 is 14.8 Å². The molecule has 0 bridgehead atoms. The van der Waals surface area contributed by atoms with Gasteiger partial charge in [0, 0.05) is 18.7 Å². The van der Waals surface area contributed by atoms with E-state index in [9.17, 15) is 9.59 Å². The number of hydrogen-bond donors (Lipinski definition) is 1. The number of hydrogen-bond acceptors (Lipinski definition) is 7. The summed E-state index contributed by atoms with van der Waals surface area (Å²) in [7, 11) is 4.47. The SMILES string of the molecule is CCN(CC)CCC(=O)Nc1ccc(C(C)C)c(-n2nc(C(=O)OC)cc2-c2c(OC)cccc2OC)c1. The first-order chi connectivity index (χ1) is 18.3. The Morgan fingerprint density at radius 3 is 2.21 bits per heavy atom. The fourth-order valence-corrected chi connectivity index (χ4v) is 4.37. The van der Waals surface area contributed by atoms with E-state index in [2.05, 4.69) is 43.0 Å². The van der Waals surface area contributed by atoms with Crippen LogP contribution in [0.3, 0.4) is 0 Å². The highest BCUT2D eigenvalue weighted by Crippen LogP contribution is 2.40. The smallest absolute Gasteiger partial charge is 0.358 e. The minimum atomic E-state index is -0.564. The van der Waals surface area contributed by atoms with Crippen LogP contribution in [0.25, 0.3) is 16.9 Å². The largest absolute Gasteiger partial charge is 0.496 e. The average molecular weight is 523 g/mol. The molecule has 0 spiro atoms. The number of carbonyl (C=O) groups is 2. The van der Waals surface area contributed by atoms with Crippen molar-refractivity contribution in [1.29, 1.82) is 0 Å². The Morgan fingerprint density at radius 1 is 1.00 bits per heavy atom. The van der Waals surface area contributed by atoms with Crippen molar-refractivity contribution in [3.63, 3.8) is 0 Å². The minimum Gasteiger partial charge on any atom is -0.496 e. The Hall–Kier alpha value is -3.85. The van der Waals surface area contributed by atoms with Crippen molar-refractivity contribution in [2.24, 2.45) is 0 Å². The highest BCUT2D eigenvalue weighted by molar-refractivity contribution is 5.92. The van der Waals surface area contributed by atoms with Crippen LogP contribution in [0.4, 0.5) is 5.69 Å². The van der Waals surface area contributed by atoms with Gasteiger partial charge in [-0.25, -0.2) is 9.48 Å². The van der Waals surface area contributed by atoms with Crippen LogP contribution in [0.15, 0.2) is 42.5 Å². The number of carbonyl (C=O) groups excluding carboxylic acids is 2. The summed E-state index contributed by atoms with van der Waals surface area (Å²) in [6.07, 6.45) is 0.390. The van der Waals surface area contributed by atoms with Gasteiger partial charge in [0.2, 0.25) is 5.91 Å². The Kier molecular flexibility index (Phi) is 9.90. The van der Waals surface area contributed by atoms with E-state index in [0.29, 0.717) is 41.4 Å². The number of nitrogens with zero attached hydrogens (tertiary/aromatic N) is 3. The zero-order valence-corrected chi connectivity index (χ0v) is 23.3. The molecule has 1 aromatic heterocycles. The number of anilines is 1. The summed E-state index contributed by atoms with van der Waals surface area (Å²) >= 11 is 0. The molecule has 38 heavy (non-hydrogen) atoms. The topological polar surface area (TPSA) is 94.9 Å². The third kappa shape index (κ3) is 6.34. The molecule has 0 saturated carbocycles. The van der Waals surface area contributed by atoms with E-state index in [4.69, 9.17) is 14.2 Å². The maximum Gasteiger partial charge on any atom is 0.358 e. The standard InChI is InChI=1S/C29H38N4O5/c1-8-32(9-2)16-15-27(34)30-20-13-14-21(19(3)4)23(17-20)33-24(18-22(31-33)29(35)38-7)28-25(36-5)11-10-12-26(28)37-6/h10-14,17-19H,8-9,15-16H2,1-7H3,(H,30,34). The molecule has 204 valence electrons. The highest BCUT2D eigenvalue weighted by atomic mass is 16.5. The first-order valence-corrected chi connectivity index (χ1v) is 12.8. The predicted molar refractivity (Wildman–Crippen MR) is 149 cm³/mol. The predicted octanol–water partition coefficient (Wildman–Crippen LogP) is 5.14. The highest BCUT2D eigenvalue weighted by Gasteiger charge is 2.24. The van der Waals surface area contributed by atoms with Crippen molar-refractivity contribution in [1.82, 2.24) is 14.7 Å². The van der Waals surface area contributed by atoms with Crippen LogP contribution in [0.5, 0.6) is 11.5 Å². The third-order valence-corrected chi connectivity index (χ3v) is 6.50. The number of amides is 1. The number of nitrogens with one attached hydrogen (secondary N) is 1. The van der Waals surface area contributed by atoms with Crippen molar-refractivity contribution in [3.05, 3.63) is 53.7 Å². The lowest BCUT2D eigenvalue weighted by molar-refractivity contribution is -0.116. The molecule has 1 heterocycles. The number of rotatable bonds is 12. The minimum absolute atomic E-state index is 0.0671. The summed E-state index contributed by atoms with van der Waals surface area (Å²) in [6, 6.07) is 12.9. The fraction of sp³-hybridized carbons (Fsp3) is 0.414. The molecule has 0 saturated heterocycles. The molecule has 0 unspecified atom stereocenters. The lowest BCUT2D eigenvalue weighted by atomic mass is 10.00. The summed E-state index contributed by atoms with van der Waals surface area (Å²) in [5.41, 5.74) is 3.72. The van der Waals surface area contributed by atoms with Gasteiger partial charge in [-0.2, -0.15) is 5.10 Å². The molecular weight excluding hydrogens is 484 g/mol. The van der Waals surface area contributed by atoms with E-state index in [1.165, 1.54) is 7.11 Å². The normalized spacial score (nSPS) is 11.1. The van der Waals surface area contributed by atoms with Crippen LogP contribution in [0.1, 0.15) is 56.1 Å². The summed E-state index contributed by atoms with van der Waals surface area (Å²) in [5.74, 6) is 0.631. The number of benzene rings is 2. The molecule has 0 radical (unpaired) electrons. The molecule has 0 aliphatic rings. The van der Waals surface area contributed by atoms with Crippen LogP contribution in [-0.2, 0) is 9.53 Å². The van der Waals surface area contributed by atoms with Crippen LogP contribution in [-0.4, -0.2) is 67.5 Å². The molecule has 1 N–H and O–H groups in total. The van der Waals surface area contributed by atoms with E-state index in [0.717, 1.165) is 24.3 Å². The first-order valence-electron chi connectivity index (χ1n) is 12.8. The van der Waals surface area contributed by atoms with Gasteiger partial charge in [0.05, 0.1) is 38.3 Å². The number of aromatic nitrogens is 2. The maximum absolute atomic E-state index is 12.7. The second kappa shape index (κ2) is 13.1. The van der Waals surface area contributed by atoms with Gasteiger partial charge in [0.1, 0.15) is 11.5 Å². The molecule has 3 rings (SSSR count). The molecule has 3 aromatic rings. The molecule has 9 heteroatoms. The fourth-order valence-electron chi connectivity index (χ4n) is 4.37. The molecule has 0 atom stereocenters. The molecule has 9 nitrogen and oxygen atoms in total. The van der Waals surface area contributed by atoms with Gasteiger partial charge < -0.3 is 24.4 Å². The van der Waals surface area contributed by atoms with E-state index >= 15 is 0 Å². The second-order valence-corrected chi connectivity index (χ2v) is 9.11. The molecule has 2 aromatic carbocycles. The van der Waals surface area contributed by atoms with Gasteiger partial charge in [0.25, 0.3) is 0 Å². The molecule has 0 aliphatic carbocycles. The van der Waals surface area contributed by atoms with Gasteiger partial charge in [0.15, 0.2) is 5.69 Å². The Morgan fingerprint density at radius 2 is 1.66 bits per heavy atom. The molecule has 1 amide bonds. The zero-order chi connectivity index (χ0) is 27.8. The van der Waals surface area contributed by atoms with Gasteiger partial charge in [-0.3, -0.25) is 4.79 Å². The lowest BCUT2D eigenvalue weighted by Crippen LogP contribution is -2.27. The van der Waals surface area contributed by atoms with Gasteiger partial charge in [-0.15, -0.1) is 0 Å². The molecule has 0 aliphatic heterocycles. The monoisotopic (exact) mass is 522 g/mol.